The van der Waals surface area contributed by atoms with Crippen molar-refractivity contribution in [2.24, 2.45) is 11.7 Å². The van der Waals surface area contributed by atoms with Gasteiger partial charge in [-0.3, -0.25) is 0 Å². The fourth-order valence-corrected chi connectivity index (χ4v) is 2.19. The maximum absolute atomic E-state index is 5.49. The van der Waals surface area contributed by atoms with E-state index in [1.165, 1.54) is 19.3 Å². The Balaban J connectivity index is 1.69. The summed E-state index contributed by atoms with van der Waals surface area (Å²) in [5, 5.41) is 3.56. The summed E-state index contributed by atoms with van der Waals surface area (Å²) >= 11 is 0. The number of nitrogens with two attached hydrogens (primary N) is 1. The molecule has 2 rings (SSSR count). The molecule has 1 aromatic rings. The first-order valence-electron chi connectivity index (χ1n) is 6.27. The Labute approximate surface area is 97.2 Å². The highest BCUT2D eigenvalue weighted by atomic mass is 15.1. The third kappa shape index (κ3) is 3.06. The van der Waals surface area contributed by atoms with Crippen molar-refractivity contribution in [1.82, 2.24) is 14.9 Å². The van der Waals surface area contributed by atoms with E-state index >= 15 is 0 Å². The SMILES string of the molecule is CCCC1CC1NCc1cn(CCN)cn1. The first-order valence-corrected chi connectivity index (χ1v) is 6.27. The highest BCUT2D eigenvalue weighted by Gasteiger charge is 2.35. The van der Waals surface area contributed by atoms with Crippen LogP contribution in [0.15, 0.2) is 12.5 Å². The van der Waals surface area contributed by atoms with Gasteiger partial charge in [-0.2, -0.15) is 0 Å². The number of hydrogen-bond acceptors (Lipinski definition) is 3. The monoisotopic (exact) mass is 222 g/mol. The van der Waals surface area contributed by atoms with Gasteiger partial charge in [0.1, 0.15) is 0 Å². The number of nitrogens with one attached hydrogen (secondary N) is 1. The van der Waals surface area contributed by atoms with E-state index in [4.69, 9.17) is 5.73 Å². The van der Waals surface area contributed by atoms with Crippen LogP contribution in [0.1, 0.15) is 31.9 Å². The van der Waals surface area contributed by atoms with Crippen molar-refractivity contribution < 1.29 is 0 Å². The van der Waals surface area contributed by atoms with Gasteiger partial charge in [0.25, 0.3) is 0 Å². The Kier molecular flexibility index (Phi) is 3.96. The number of aromatic nitrogens is 2. The Bertz CT molecular complexity index is 321. The maximum atomic E-state index is 5.49. The van der Waals surface area contributed by atoms with Crippen molar-refractivity contribution in [2.45, 2.75) is 45.3 Å². The lowest BCUT2D eigenvalue weighted by molar-refractivity contribution is 0.594. The summed E-state index contributed by atoms with van der Waals surface area (Å²) in [6.45, 7) is 4.67. The first kappa shape index (κ1) is 11.6. The van der Waals surface area contributed by atoms with Gasteiger partial charge in [-0.25, -0.2) is 4.98 Å². The van der Waals surface area contributed by atoms with E-state index in [2.05, 4.69) is 23.4 Å². The second kappa shape index (κ2) is 5.46. The van der Waals surface area contributed by atoms with Crippen molar-refractivity contribution in [1.29, 1.82) is 0 Å². The maximum Gasteiger partial charge on any atom is 0.0950 e. The number of hydrogen-bond donors (Lipinski definition) is 2. The summed E-state index contributed by atoms with van der Waals surface area (Å²) in [6, 6.07) is 0.736. The Morgan fingerprint density at radius 2 is 2.50 bits per heavy atom. The van der Waals surface area contributed by atoms with Crippen molar-refractivity contribution >= 4 is 0 Å². The van der Waals surface area contributed by atoms with Crippen molar-refractivity contribution in [3.05, 3.63) is 18.2 Å². The Hall–Kier alpha value is -0.870. The molecule has 1 aliphatic rings. The lowest BCUT2D eigenvalue weighted by Gasteiger charge is -2.01. The van der Waals surface area contributed by atoms with Crippen LogP contribution in [0.4, 0.5) is 0 Å². The quantitative estimate of drug-likeness (QED) is 0.727. The van der Waals surface area contributed by atoms with Gasteiger partial charge >= 0.3 is 0 Å². The predicted molar refractivity (Wildman–Crippen MR) is 64.9 cm³/mol. The fourth-order valence-electron chi connectivity index (χ4n) is 2.19. The second-order valence-electron chi connectivity index (χ2n) is 4.66. The van der Waals surface area contributed by atoms with Crippen molar-refractivity contribution in [2.75, 3.05) is 6.54 Å². The minimum Gasteiger partial charge on any atom is -0.336 e. The Morgan fingerprint density at radius 1 is 1.62 bits per heavy atom. The van der Waals surface area contributed by atoms with Crippen molar-refractivity contribution in [3.63, 3.8) is 0 Å². The van der Waals surface area contributed by atoms with Crippen molar-refractivity contribution in [3.8, 4) is 0 Å². The molecule has 1 saturated carbocycles. The van der Waals surface area contributed by atoms with Gasteiger partial charge < -0.3 is 15.6 Å². The molecule has 0 amide bonds. The first-order chi connectivity index (χ1) is 7.83. The molecule has 2 atom stereocenters. The van der Waals surface area contributed by atoms with E-state index in [1.807, 2.05) is 10.9 Å². The molecule has 3 N–H and O–H groups in total. The number of imidazole rings is 1. The third-order valence-corrected chi connectivity index (χ3v) is 3.20. The summed E-state index contributed by atoms with van der Waals surface area (Å²) in [4.78, 5) is 4.35. The summed E-state index contributed by atoms with van der Waals surface area (Å²) in [5.74, 6) is 0.913. The molecule has 0 radical (unpaired) electrons. The molecule has 0 bridgehead atoms. The van der Waals surface area contributed by atoms with Crippen LogP contribution in [0.2, 0.25) is 0 Å². The molecule has 90 valence electrons. The standard InChI is InChI=1S/C12H22N4/c1-2-3-10-6-12(10)14-7-11-8-16(5-4-13)9-15-11/h8-10,12,14H,2-7,13H2,1H3. The van der Waals surface area contributed by atoms with Crippen LogP contribution in [0, 0.1) is 5.92 Å². The largest absolute Gasteiger partial charge is 0.336 e. The average molecular weight is 222 g/mol. The number of rotatable bonds is 7. The molecule has 4 nitrogen and oxygen atoms in total. The van der Waals surface area contributed by atoms with Gasteiger partial charge in [-0.05, 0) is 18.8 Å². The normalized spacial score (nSPS) is 23.6. The molecule has 1 aromatic heterocycles. The average Bonchev–Trinajstić information content (AvgIpc) is 2.85. The summed E-state index contributed by atoms with van der Waals surface area (Å²) in [7, 11) is 0. The van der Waals surface area contributed by atoms with Crippen LogP contribution >= 0.6 is 0 Å². The molecule has 1 fully saturated rings. The zero-order chi connectivity index (χ0) is 11.4. The van der Waals surface area contributed by atoms with E-state index in [1.54, 1.807) is 0 Å². The molecule has 0 saturated heterocycles. The van der Waals surface area contributed by atoms with Crippen LogP contribution in [0.25, 0.3) is 0 Å². The predicted octanol–water partition coefficient (Wildman–Crippen LogP) is 1.12. The topological polar surface area (TPSA) is 55.9 Å². The van der Waals surface area contributed by atoms with Gasteiger partial charge in [0.15, 0.2) is 0 Å². The van der Waals surface area contributed by atoms with Crippen LogP contribution in [-0.2, 0) is 13.1 Å². The van der Waals surface area contributed by atoms with Crippen LogP contribution in [0.3, 0.4) is 0 Å². The van der Waals surface area contributed by atoms with E-state index in [9.17, 15) is 0 Å². The van der Waals surface area contributed by atoms with Gasteiger partial charge in [0.05, 0.1) is 12.0 Å². The molecule has 16 heavy (non-hydrogen) atoms. The summed E-state index contributed by atoms with van der Waals surface area (Å²) in [5.41, 5.74) is 6.61. The van der Waals surface area contributed by atoms with E-state index < -0.39 is 0 Å². The Morgan fingerprint density at radius 3 is 3.25 bits per heavy atom. The van der Waals surface area contributed by atoms with Gasteiger partial charge in [0.2, 0.25) is 0 Å². The molecule has 0 aliphatic heterocycles. The molecular formula is C12H22N4. The fraction of sp³-hybridized carbons (Fsp3) is 0.750. The van der Waals surface area contributed by atoms with Crippen LogP contribution < -0.4 is 11.1 Å². The lowest BCUT2D eigenvalue weighted by atomic mass is 10.2. The van der Waals surface area contributed by atoms with Crippen LogP contribution in [0.5, 0.6) is 0 Å². The molecule has 0 aromatic carbocycles. The van der Waals surface area contributed by atoms with E-state index in [-0.39, 0.29) is 0 Å². The minimum absolute atomic E-state index is 0.671. The van der Waals surface area contributed by atoms with Gasteiger partial charge in [-0.15, -0.1) is 0 Å². The minimum atomic E-state index is 0.671. The zero-order valence-electron chi connectivity index (χ0n) is 10.0. The smallest absolute Gasteiger partial charge is 0.0950 e. The van der Waals surface area contributed by atoms with Crippen LogP contribution in [-0.4, -0.2) is 22.1 Å². The molecule has 1 heterocycles. The molecular weight excluding hydrogens is 200 g/mol. The molecule has 0 spiro atoms. The van der Waals surface area contributed by atoms with E-state index in [0.717, 1.165) is 30.7 Å². The van der Waals surface area contributed by atoms with E-state index in [0.29, 0.717) is 6.54 Å². The highest BCUT2D eigenvalue weighted by molar-refractivity contribution is 5.00. The second-order valence-corrected chi connectivity index (χ2v) is 4.66. The third-order valence-electron chi connectivity index (χ3n) is 3.20. The van der Waals surface area contributed by atoms with Gasteiger partial charge in [-0.1, -0.05) is 13.3 Å². The number of nitrogens with zero attached hydrogens (tertiary/aromatic N) is 2. The molecule has 1 aliphatic carbocycles. The van der Waals surface area contributed by atoms with Gasteiger partial charge in [0, 0.05) is 31.9 Å². The molecule has 4 heteroatoms. The molecule has 2 unspecified atom stereocenters. The highest BCUT2D eigenvalue weighted by Crippen LogP contribution is 2.34. The summed E-state index contributed by atoms with van der Waals surface area (Å²) in [6.07, 6.45) is 7.95. The zero-order valence-corrected chi connectivity index (χ0v) is 10.0. The lowest BCUT2D eigenvalue weighted by Crippen LogP contribution is -2.17. The summed E-state index contributed by atoms with van der Waals surface area (Å²) < 4.78 is 2.05.